The predicted octanol–water partition coefficient (Wildman–Crippen LogP) is 3.58. The predicted molar refractivity (Wildman–Crippen MR) is 150 cm³/mol. The van der Waals surface area contributed by atoms with Crippen molar-refractivity contribution < 1.29 is 29.3 Å². The summed E-state index contributed by atoms with van der Waals surface area (Å²) in [5.41, 5.74) is 0.978. The van der Waals surface area contributed by atoms with Gasteiger partial charge in [0.2, 0.25) is 11.8 Å². The molecule has 1 aliphatic carbocycles. The molecule has 2 aromatic rings. The highest BCUT2D eigenvalue weighted by molar-refractivity contribution is 14.1. The molecule has 8 nitrogen and oxygen atoms in total. The van der Waals surface area contributed by atoms with Crippen molar-refractivity contribution in [2.45, 2.75) is 37.6 Å². The molecule has 0 fully saturated rings. The minimum Gasteiger partial charge on any atom is -0.482 e. The van der Waals surface area contributed by atoms with E-state index in [2.05, 4.69) is 27.9 Å². The molecule has 0 spiro atoms. The first kappa shape index (κ1) is 29.7. The molecule has 11 heteroatoms. The zero-order valence-electron chi connectivity index (χ0n) is 20.2. The van der Waals surface area contributed by atoms with Gasteiger partial charge in [0.05, 0.1) is 29.2 Å². The van der Waals surface area contributed by atoms with Gasteiger partial charge in [-0.05, 0) is 58.5 Å². The Balaban J connectivity index is 1.99. The van der Waals surface area contributed by atoms with Gasteiger partial charge in [0.15, 0.2) is 0 Å². The molecule has 200 valence electrons. The third-order valence-corrected chi connectivity index (χ3v) is 7.39. The van der Waals surface area contributed by atoms with Gasteiger partial charge in [-0.1, -0.05) is 41.4 Å². The molecule has 2 aromatic carbocycles. The number of carbonyl (C=O) groups is 2. The summed E-state index contributed by atoms with van der Waals surface area (Å²) in [7, 11) is 1.50. The van der Waals surface area contributed by atoms with Gasteiger partial charge >= 0.3 is 0 Å². The first-order chi connectivity index (χ1) is 17.7. The molecular formula is C26H29Cl2IN2O6. The molecule has 37 heavy (non-hydrogen) atoms. The van der Waals surface area contributed by atoms with Crippen molar-refractivity contribution in [2.75, 3.05) is 26.9 Å². The van der Waals surface area contributed by atoms with Crippen molar-refractivity contribution in [1.82, 2.24) is 10.2 Å². The molecule has 0 aromatic heterocycles. The maximum Gasteiger partial charge on any atom is 0.247 e. The largest absolute Gasteiger partial charge is 0.482 e. The lowest BCUT2D eigenvalue weighted by Gasteiger charge is -2.40. The topological polar surface area (TPSA) is 108 Å². The highest BCUT2D eigenvalue weighted by Gasteiger charge is 2.40. The molecule has 0 radical (unpaired) electrons. The highest BCUT2D eigenvalue weighted by atomic mass is 127. The Labute approximate surface area is 239 Å². The van der Waals surface area contributed by atoms with Crippen LogP contribution in [0, 0.1) is 3.57 Å². The van der Waals surface area contributed by atoms with Crippen molar-refractivity contribution in [3.05, 3.63) is 73.3 Å². The van der Waals surface area contributed by atoms with Gasteiger partial charge in [0.1, 0.15) is 18.0 Å². The average Bonchev–Trinajstić information content (AvgIpc) is 2.88. The second kappa shape index (κ2) is 14.3. The van der Waals surface area contributed by atoms with Crippen molar-refractivity contribution in [3.63, 3.8) is 0 Å². The molecule has 0 heterocycles. The number of aliphatic hydroxyl groups excluding tert-OH is 2. The van der Waals surface area contributed by atoms with E-state index in [1.807, 2.05) is 18.2 Å². The Hall–Kier alpha value is -1.89. The van der Waals surface area contributed by atoms with Crippen LogP contribution in [0.4, 0.5) is 0 Å². The number of aliphatic hydroxyl groups is 2. The van der Waals surface area contributed by atoms with Crippen LogP contribution in [0.2, 0.25) is 10.0 Å². The fourth-order valence-corrected chi connectivity index (χ4v) is 5.01. The fraction of sp³-hybridized carbons (Fsp3) is 0.385. The fourth-order valence-electron chi connectivity index (χ4n) is 4.02. The highest BCUT2D eigenvalue weighted by Crippen LogP contribution is 2.32. The van der Waals surface area contributed by atoms with E-state index in [1.54, 1.807) is 30.3 Å². The van der Waals surface area contributed by atoms with Crippen molar-refractivity contribution in [1.29, 1.82) is 0 Å². The Morgan fingerprint density at radius 2 is 1.97 bits per heavy atom. The summed E-state index contributed by atoms with van der Waals surface area (Å²) in [5.74, 6) is -0.143. The number of nitrogens with zero attached hydrogens (tertiary/aromatic N) is 1. The Morgan fingerprint density at radius 3 is 2.65 bits per heavy atom. The van der Waals surface area contributed by atoms with E-state index in [-0.39, 0.29) is 45.1 Å². The number of rotatable bonds is 11. The van der Waals surface area contributed by atoms with Gasteiger partial charge in [-0.15, -0.1) is 0 Å². The molecule has 0 aliphatic heterocycles. The first-order valence-corrected chi connectivity index (χ1v) is 13.5. The number of benzene rings is 2. The summed E-state index contributed by atoms with van der Waals surface area (Å²) >= 11 is 14.6. The van der Waals surface area contributed by atoms with E-state index in [0.29, 0.717) is 26.9 Å². The molecule has 0 bridgehead atoms. The van der Waals surface area contributed by atoms with Crippen LogP contribution in [-0.4, -0.2) is 72.0 Å². The molecule has 1 aliphatic rings. The van der Waals surface area contributed by atoms with Crippen molar-refractivity contribution >= 4 is 57.6 Å². The number of methoxy groups -OCH3 is 1. The molecule has 3 unspecified atom stereocenters. The Kier molecular flexibility index (Phi) is 11.5. The second-order valence-corrected chi connectivity index (χ2v) is 10.5. The van der Waals surface area contributed by atoms with E-state index in [0.717, 1.165) is 3.57 Å². The van der Waals surface area contributed by atoms with E-state index < -0.39 is 24.2 Å². The van der Waals surface area contributed by atoms with Crippen LogP contribution in [0.25, 0.3) is 0 Å². The van der Waals surface area contributed by atoms with Crippen LogP contribution >= 0.6 is 45.8 Å². The monoisotopic (exact) mass is 662 g/mol. The third-order valence-electron chi connectivity index (χ3n) is 5.91. The molecule has 2 amide bonds. The SMILES string of the molecule is COCCC(=O)N(Cc1ccc(Cl)cc1Cl)C1CC(C(=O)NCCO)=CC(Oc2ccccc2I)C1O. The number of ether oxygens (including phenoxy) is 2. The van der Waals surface area contributed by atoms with Crippen LogP contribution in [0.1, 0.15) is 18.4 Å². The molecule has 0 saturated carbocycles. The summed E-state index contributed by atoms with van der Waals surface area (Å²) in [4.78, 5) is 27.8. The molecule has 3 N–H and O–H groups in total. The van der Waals surface area contributed by atoms with Gasteiger partial charge in [-0.3, -0.25) is 9.59 Å². The number of carbonyl (C=O) groups excluding carboxylic acids is 2. The standard InChI is InChI=1S/C26H29Cl2IN2O6/c1-36-11-8-24(33)31(15-16-6-7-18(27)14-19(16)28)21-12-17(26(35)30-9-10-32)13-23(25(21)34)37-22-5-3-2-4-20(22)29/h2-7,13-14,21,23,25,32,34H,8-12,15H2,1H3,(H,30,35). The number of amides is 2. The third kappa shape index (κ3) is 8.05. The molecule has 3 atom stereocenters. The molecule has 3 rings (SSSR count). The minimum atomic E-state index is -1.15. The number of halogens is 3. The van der Waals surface area contributed by atoms with Crippen LogP contribution in [0.5, 0.6) is 5.75 Å². The second-order valence-electron chi connectivity index (χ2n) is 8.45. The summed E-state index contributed by atoms with van der Waals surface area (Å²) < 4.78 is 12.1. The summed E-state index contributed by atoms with van der Waals surface area (Å²) in [6.45, 7) is 0.127. The van der Waals surface area contributed by atoms with E-state index in [4.69, 9.17) is 37.8 Å². The number of nitrogens with one attached hydrogen (secondary N) is 1. The smallest absolute Gasteiger partial charge is 0.247 e. The van der Waals surface area contributed by atoms with Crippen molar-refractivity contribution in [2.24, 2.45) is 0 Å². The molecular weight excluding hydrogens is 634 g/mol. The lowest BCUT2D eigenvalue weighted by atomic mass is 9.87. The van der Waals surface area contributed by atoms with Crippen LogP contribution in [-0.2, 0) is 20.9 Å². The zero-order chi connectivity index (χ0) is 26.9. The van der Waals surface area contributed by atoms with Crippen LogP contribution < -0.4 is 10.1 Å². The first-order valence-electron chi connectivity index (χ1n) is 11.7. The Bertz CT molecular complexity index is 1130. The van der Waals surface area contributed by atoms with Crippen LogP contribution in [0.15, 0.2) is 54.1 Å². The van der Waals surface area contributed by atoms with E-state index >= 15 is 0 Å². The Morgan fingerprint density at radius 1 is 1.22 bits per heavy atom. The van der Waals surface area contributed by atoms with Gasteiger partial charge in [-0.2, -0.15) is 0 Å². The normalized spacial score (nSPS) is 19.2. The minimum absolute atomic E-state index is 0.0718. The number of para-hydroxylation sites is 1. The average molecular weight is 663 g/mol. The summed E-state index contributed by atoms with van der Waals surface area (Å²) in [6.07, 6.45) is -0.341. The maximum absolute atomic E-state index is 13.4. The van der Waals surface area contributed by atoms with Gasteiger partial charge in [0, 0.05) is 42.2 Å². The lowest BCUT2D eigenvalue weighted by Crippen LogP contribution is -2.55. The van der Waals surface area contributed by atoms with Gasteiger partial charge in [0.25, 0.3) is 0 Å². The summed E-state index contributed by atoms with van der Waals surface area (Å²) in [6, 6.07) is 11.5. The maximum atomic E-state index is 13.4. The van der Waals surface area contributed by atoms with E-state index in [1.165, 1.54) is 12.0 Å². The van der Waals surface area contributed by atoms with Crippen LogP contribution in [0.3, 0.4) is 0 Å². The van der Waals surface area contributed by atoms with Crippen molar-refractivity contribution in [3.8, 4) is 5.75 Å². The van der Waals surface area contributed by atoms with Gasteiger partial charge in [-0.25, -0.2) is 0 Å². The zero-order valence-corrected chi connectivity index (χ0v) is 23.9. The molecule has 0 saturated heterocycles. The quantitative estimate of drug-likeness (QED) is 0.318. The summed E-state index contributed by atoms with van der Waals surface area (Å²) in [5, 5.41) is 24.1. The lowest BCUT2D eigenvalue weighted by molar-refractivity contribution is -0.140. The van der Waals surface area contributed by atoms with E-state index in [9.17, 15) is 14.7 Å². The number of hydrogen-bond donors (Lipinski definition) is 3. The number of hydrogen-bond acceptors (Lipinski definition) is 6. The van der Waals surface area contributed by atoms with Gasteiger partial charge < -0.3 is 29.9 Å².